The smallest absolute Gasteiger partial charge is 0.227 e. The molecule has 0 saturated carbocycles. The van der Waals surface area contributed by atoms with E-state index in [-0.39, 0.29) is 11.9 Å². The Kier molecular flexibility index (Phi) is 5.80. The summed E-state index contributed by atoms with van der Waals surface area (Å²) in [7, 11) is 0. The number of carbonyl (C=O) groups excluding carboxylic acids is 1. The first-order valence-electron chi connectivity index (χ1n) is 9.41. The second kappa shape index (κ2) is 8.09. The number of hydrogen-bond donors (Lipinski definition) is 2. The Balaban J connectivity index is 1.65. The number of anilines is 2. The monoisotopic (exact) mass is 381 g/mol. The van der Waals surface area contributed by atoms with E-state index in [1.807, 2.05) is 30.0 Å². The van der Waals surface area contributed by atoms with Crippen molar-refractivity contribution < 1.29 is 4.79 Å². The first-order chi connectivity index (χ1) is 12.8. The molecular formula is C22H27N3OS. The summed E-state index contributed by atoms with van der Waals surface area (Å²) < 4.78 is 0. The topological polar surface area (TPSA) is 44.4 Å². The third kappa shape index (κ3) is 4.48. The molecule has 1 saturated heterocycles. The maximum absolute atomic E-state index is 12.0. The number of nitrogens with one attached hydrogen (secondary N) is 2. The predicted octanol–water partition coefficient (Wildman–Crippen LogP) is 4.79. The Hall–Kier alpha value is -2.40. The van der Waals surface area contributed by atoms with E-state index in [9.17, 15) is 4.79 Å². The van der Waals surface area contributed by atoms with Crippen LogP contribution in [0.15, 0.2) is 36.4 Å². The summed E-state index contributed by atoms with van der Waals surface area (Å²) in [6.45, 7) is 9.17. The number of hydrogen-bond acceptors (Lipinski definition) is 2. The van der Waals surface area contributed by atoms with Crippen LogP contribution in [-0.4, -0.2) is 17.6 Å². The minimum atomic E-state index is 0.119. The highest BCUT2D eigenvalue weighted by atomic mass is 32.1. The van der Waals surface area contributed by atoms with Crippen LogP contribution in [-0.2, 0) is 4.79 Å². The van der Waals surface area contributed by atoms with Crippen LogP contribution in [0.3, 0.4) is 0 Å². The average Bonchev–Trinajstić information content (AvgIpc) is 3.00. The number of rotatable bonds is 4. The number of benzene rings is 2. The second-order valence-corrected chi connectivity index (χ2v) is 7.74. The van der Waals surface area contributed by atoms with Crippen LogP contribution in [0.2, 0.25) is 0 Å². The molecule has 1 heterocycles. The number of aryl methyl sites for hydroxylation is 3. The van der Waals surface area contributed by atoms with Gasteiger partial charge in [0.2, 0.25) is 5.91 Å². The van der Waals surface area contributed by atoms with E-state index in [0.29, 0.717) is 11.5 Å². The van der Waals surface area contributed by atoms with E-state index in [1.54, 1.807) is 0 Å². The van der Waals surface area contributed by atoms with Gasteiger partial charge in [-0.05, 0) is 81.2 Å². The van der Waals surface area contributed by atoms with Gasteiger partial charge in [-0.3, -0.25) is 4.79 Å². The molecule has 0 bridgehead atoms. The lowest BCUT2D eigenvalue weighted by Gasteiger charge is -2.21. The summed E-state index contributed by atoms with van der Waals surface area (Å²) in [6.07, 6.45) is 1.58. The molecule has 1 fully saturated rings. The molecule has 27 heavy (non-hydrogen) atoms. The van der Waals surface area contributed by atoms with Crippen molar-refractivity contribution in [2.75, 3.05) is 16.8 Å². The van der Waals surface area contributed by atoms with Crippen LogP contribution in [0.4, 0.5) is 11.4 Å². The summed E-state index contributed by atoms with van der Waals surface area (Å²) in [4.78, 5) is 13.8. The summed E-state index contributed by atoms with van der Waals surface area (Å²) in [6, 6.07) is 12.6. The number of carbonyl (C=O) groups is 1. The molecular weight excluding hydrogens is 354 g/mol. The van der Waals surface area contributed by atoms with Gasteiger partial charge < -0.3 is 15.5 Å². The minimum absolute atomic E-state index is 0.119. The average molecular weight is 382 g/mol. The molecule has 2 aromatic rings. The Morgan fingerprint density at radius 3 is 2.52 bits per heavy atom. The van der Waals surface area contributed by atoms with Gasteiger partial charge in [-0.15, -0.1) is 0 Å². The molecule has 0 aliphatic carbocycles. The van der Waals surface area contributed by atoms with Crippen molar-refractivity contribution in [1.29, 1.82) is 0 Å². The quantitative estimate of drug-likeness (QED) is 0.748. The number of thiocarbonyl (C=S) groups is 1. The van der Waals surface area contributed by atoms with Crippen molar-refractivity contribution in [3.8, 4) is 0 Å². The van der Waals surface area contributed by atoms with Crippen LogP contribution in [0.25, 0.3) is 0 Å². The summed E-state index contributed by atoms with van der Waals surface area (Å²) in [5.74, 6) is 0.207. The second-order valence-electron chi connectivity index (χ2n) is 7.33. The zero-order chi connectivity index (χ0) is 19.6. The zero-order valence-electron chi connectivity index (χ0n) is 16.4. The molecule has 0 radical (unpaired) electrons. The van der Waals surface area contributed by atoms with E-state index >= 15 is 0 Å². The maximum Gasteiger partial charge on any atom is 0.227 e. The maximum atomic E-state index is 12.0. The molecule has 2 aromatic carbocycles. The van der Waals surface area contributed by atoms with Crippen molar-refractivity contribution >= 4 is 34.6 Å². The molecule has 1 atom stereocenters. The molecule has 1 aliphatic rings. The fourth-order valence-electron chi connectivity index (χ4n) is 3.69. The first kappa shape index (κ1) is 19.4. The van der Waals surface area contributed by atoms with Gasteiger partial charge in [0.05, 0.1) is 6.04 Å². The molecule has 142 valence electrons. The van der Waals surface area contributed by atoms with Gasteiger partial charge in [-0.25, -0.2) is 0 Å². The predicted molar refractivity (Wildman–Crippen MR) is 116 cm³/mol. The lowest BCUT2D eigenvalue weighted by molar-refractivity contribution is -0.117. The normalized spacial score (nSPS) is 15.0. The van der Waals surface area contributed by atoms with E-state index in [0.717, 1.165) is 29.9 Å². The van der Waals surface area contributed by atoms with Gasteiger partial charge in [0.15, 0.2) is 5.11 Å². The highest BCUT2D eigenvalue weighted by Gasteiger charge is 2.23. The van der Waals surface area contributed by atoms with Crippen LogP contribution < -0.4 is 15.5 Å². The molecule has 1 amide bonds. The lowest BCUT2D eigenvalue weighted by Crippen LogP contribution is -2.31. The molecule has 5 heteroatoms. The van der Waals surface area contributed by atoms with E-state index < -0.39 is 0 Å². The Morgan fingerprint density at radius 2 is 1.89 bits per heavy atom. The Labute approximate surface area is 167 Å². The first-order valence-corrected chi connectivity index (χ1v) is 9.81. The largest absolute Gasteiger partial charge is 0.356 e. The van der Waals surface area contributed by atoms with Crippen molar-refractivity contribution in [2.45, 2.75) is 46.6 Å². The minimum Gasteiger partial charge on any atom is -0.356 e. The SMILES string of the molecule is Cc1ccc(C(C)NC(=S)Nc2ccc(N3CCCC3=O)c(C)c2)c(C)c1. The van der Waals surface area contributed by atoms with Crippen LogP contribution in [0.1, 0.15) is 48.1 Å². The van der Waals surface area contributed by atoms with Gasteiger partial charge >= 0.3 is 0 Å². The fraction of sp³-hybridized carbons (Fsp3) is 0.364. The highest BCUT2D eigenvalue weighted by Crippen LogP contribution is 2.27. The van der Waals surface area contributed by atoms with E-state index in [1.165, 1.54) is 16.7 Å². The van der Waals surface area contributed by atoms with Crippen molar-refractivity contribution in [2.24, 2.45) is 0 Å². The number of nitrogens with zero attached hydrogens (tertiary/aromatic N) is 1. The van der Waals surface area contributed by atoms with Gasteiger partial charge in [-0.2, -0.15) is 0 Å². The van der Waals surface area contributed by atoms with Gasteiger partial charge in [-0.1, -0.05) is 23.8 Å². The Morgan fingerprint density at radius 1 is 1.11 bits per heavy atom. The third-order valence-electron chi connectivity index (χ3n) is 5.06. The third-order valence-corrected chi connectivity index (χ3v) is 5.28. The van der Waals surface area contributed by atoms with Gasteiger partial charge in [0.1, 0.15) is 0 Å². The molecule has 2 N–H and O–H groups in total. The molecule has 1 aliphatic heterocycles. The van der Waals surface area contributed by atoms with Gasteiger partial charge in [0, 0.05) is 24.3 Å². The standard InChI is InChI=1S/C22H27N3OS/c1-14-7-9-19(15(2)12-14)17(4)23-22(27)24-18-8-10-20(16(3)13-18)25-11-5-6-21(25)26/h7-10,12-13,17H,5-6,11H2,1-4H3,(H2,23,24,27). The molecule has 3 rings (SSSR count). The summed E-state index contributed by atoms with van der Waals surface area (Å²) in [5.41, 5.74) is 6.74. The molecule has 1 unspecified atom stereocenters. The van der Waals surface area contributed by atoms with Crippen LogP contribution >= 0.6 is 12.2 Å². The lowest BCUT2D eigenvalue weighted by atomic mass is 10.0. The molecule has 4 nitrogen and oxygen atoms in total. The highest BCUT2D eigenvalue weighted by molar-refractivity contribution is 7.80. The van der Waals surface area contributed by atoms with Crippen molar-refractivity contribution in [3.63, 3.8) is 0 Å². The Bertz CT molecular complexity index is 878. The summed E-state index contributed by atoms with van der Waals surface area (Å²) in [5, 5.41) is 7.21. The van der Waals surface area contributed by atoms with Crippen molar-refractivity contribution in [3.05, 3.63) is 58.7 Å². The summed E-state index contributed by atoms with van der Waals surface area (Å²) >= 11 is 5.50. The van der Waals surface area contributed by atoms with Crippen molar-refractivity contribution in [1.82, 2.24) is 5.32 Å². The van der Waals surface area contributed by atoms with Crippen LogP contribution in [0, 0.1) is 20.8 Å². The fourth-order valence-corrected chi connectivity index (χ4v) is 3.99. The van der Waals surface area contributed by atoms with E-state index in [4.69, 9.17) is 12.2 Å². The molecule has 0 aromatic heterocycles. The molecule has 0 spiro atoms. The van der Waals surface area contributed by atoms with E-state index in [2.05, 4.69) is 49.6 Å². The van der Waals surface area contributed by atoms with Gasteiger partial charge in [0.25, 0.3) is 0 Å². The number of amides is 1. The van der Waals surface area contributed by atoms with Crippen LogP contribution in [0.5, 0.6) is 0 Å². The zero-order valence-corrected chi connectivity index (χ0v) is 17.2.